The second-order valence-electron chi connectivity index (χ2n) is 5.33. The molecular formula is C18H16N2O3. The Morgan fingerprint density at radius 3 is 2.52 bits per heavy atom. The minimum absolute atomic E-state index is 0.0586. The number of anilines is 1. The van der Waals surface area contributed by atoms with E-state index in [1.54, 1.807) is 49.4 Å². The van der Waals surface area contributed by atoms with Crippen LogP contribution in [0.5, 0.6) is 0 Å². The molecule has 23 heavy (non-hydrogen) atoms. The number of hydrogen-bond donors (Lipinski definition) is 3. The highest BCUT2D eigenvalue weighted by atomic mass is 16.3. The first kappa shape index (κ1) is 15.0. The first-order chi connectivity index (χ1) is 11.1. The third-order valence-corrected chi connectivity index (χ3v) is 3.68. The van der Waals surface area contributed by atoms with E-state index < -0.39 is 12.0 Å². The van der Waals surface area contributed by atoms with E-state index in [0.717, 1.165) is 5.56 Å². The summed E-state index contributed by atoms with van der Waals surface area (Å²) in [6.45, 7) is 1.67. The van der Waals surface area contributed by atoms with Gasteiger partial charge < -0.3 is 15.4 Å². The van der Waals surface area contributed by atoms with Crippen molar-refractivity contribution in [3.8, 4) is 0 Å². The van der Waals surface area contributed by atoms with E-state index in [-0.39, 0.29) is 11.0 Å². The van der Waals surface area contributed by atoms with Gasteiger partial charge in [-0.05, 0) is 36.8 Å². The number of rotatable bonds is 3. The average molecular weight is 308 g/mol. The van der Waals surface area contributed by atoms with Crippen LogP contribution in [-0.2, 0) is 0 Å². The summed E-state index contributed by atoms with van der Waals surface area (Å²) in [6, 6.07) is 13.9. The van der Waals surface area contributed by atoms with Crippen LogP contribution in [0.2, 0.25) is 0 Å². The summed E-state index contributed by atoms with van der Waals surface area (Å²) in [5.41, 5.74) is 1.76. The highest BCUT2D eigenvalue weighted by Gasteiger charge is 2.13. The molecule has 0 bridgehead atoms. The van der Waals surface area contributed by atoms with Crippen LogP contribution in [0.3, 0.4) is 0 Å². The van der Waals surface area contributed by atoms with Gasteiger partial charge in [-0.3, -0.25) is 9.59 Å². The zero-order valence-corrected chi connectivity index (χ0v) is 12.5. The maximum Gasteiger partial charge on any atom is 0.261 e. The topological polar surface area (TPSA) is 82.2 Å². The monoisotopic (exact) mass is 308 g/mol. The van der Waals surface area contributed by atoms with Gasteiger partial charge in [0.05, 0.1) is 6.10 Å². The van der Waals surface area contributed by atoms with Crippen molar-refractivity contribution in [2.45, 2.75) is 13.0 Å². The molecule has 0 aliphatic rings. The lowest BCUT2D eigenvalue weighted by atomic mass is 10.1. The second kappa shape index (κ2) is 6.06. The molecule has 1 atom stereocenters. The molecular weight excluding hydrogens is 292 g/mol. The quantitative estimate of drug-likeness (QED) is 0.696. The Kier molecular flexibility index (Phi) is 3.95. The van der Waals surface area contributed by atoms with E-state index in [2.05, 4.69) is 10.3 Å². The SMILES string of the molecule is CC(O)c1ccc(NC(=O)c2c[nH]c3ccccc3c2=O)cc1. The summed E-state index contributed by atoms with van der Waals surface area (Å²) in [4.78, 5) is 27.7. The van der Waals surface area contributed by atoms with Gasteiger partial charge in [-0.1, -0.05) is 24.3 Å². The van der Waals surface area contributed by atoms with Crippen LogP contribution in [0.25, 0.3) is 10.9 Å². The number of hydrogen-bond acceptors (Lipinski definition) is 3. The predicted octanol–water partition coefficient (Wildman–Crippen LogP) is 2.83. The number of H-pyrrole nitrogens is 1. The fourth-order valence-electron chi connectivity index (χ4n) is 2.38. The van der Waals surface area contributed by atoms with Crippen molar-refractivity contribution in [1.29, 1.82) is 0 Å². The van der Waals surface area contributed by atoms with E-state index in [0.29, 0.717) is 16.6 Å². The molecule has 0 radical (unpaired) electrons. The molecule has 0 spiro atoms. The van der Waals surface area contributed by atoms with Gasteiger partial charge in [-0.15, -0.1) is 0 Å². The lowest BCUT2D eigenvalue weighted by Crippen LogP contribution is -2.21. The van der Waals surface area contributed by atoms with Crippen molar-refractivity contribution >= 4 is 22.5 Å². The third kappa shape index (κ3) is 3.00. The van der Waals surface area contributed by atoms with Crippen LogP contribution in [0.1, 0.15) is 28.9 Å². The third-order valence-electron chi connectivity index (χ3n) is 3.68. The van der Waals surface area contributed by atoms with Crippen LogP contribution in [0.4, 0.5) is 5.69 Å². The Morgan fingerprint density at radius 2 is 1.83 bits per heavy atom. The van der Waals surface area contributed by atoms with Crippen molar-refractivity contribution in [1.82, 2.24) is 4.98 Å². The molecule has 0 saturated heterocycles. The summed E-state index contributed by atoms with van der Waals surface area (Å²) in [6.07, 6.45) is 0.854. The molecule has 0 saturated carbocycles. The van der Waals surface area contributed by atoms with Gasteiger partial charge in [-0.25, -0.2) is 0 Å². The largest absolute Gasteiger partial charge is 0.389 e. The Labute approximate surface area is 132 Å². The summed E-state index contributed by atoms with van der Waals surface area (Å²) in [7, 11) is 0. The van der Waals surface area contributed by atoms with E-state index in [4.69, 9.17) is 0 Å². The van der Waals surface area contributed by atoms with Crippen LogP contribution in [-0.4, -0.2) is 16.0 Å². The molecule has 3 aromatic rings. The molecule has 5 nitrogen and oxygen atoms in total. The number of aromatic nitrogens is 1. The number of para-hydroxylation sites is 1. The molecule has 5 heteroatoms. The normalized spacial score (nSPS) is 12.1. The van der Waals surface area contributed by atoms with Crippen molar-refractivity contribution < 1.29 is 9.90 Å². The fourth-order valence-corrected chi connectivity index (χ4v) is 2.38. The molecule has 1 heterocycles. The zero-order valence-electron chi connectivity index (χ0n) is 12.5. The van der Waals surface area contributed by atoms with Gasteiger partial charge in [0.15, 0.2) is 0 Å². The first-order valence-electron chi connectivity index (χ1n) is 7.26. The van der Waals surface area contributed by atoms with E-state index in [1.807, 2.05) is 6.07 Å². The maximum absolute atomic E-state index is 12.4. The highest BCUT2D eigenvalue weighted by Crippen LogP contribution is 2.16. The highest BCUT2D eigenvalue weighted by molar-refractivity contribution is 6.05. The van der Waals surface area contributed by atoms with Gasteiger partial charge in [0.25, 0.3) is 5.91 Å². The fraction of sp³-hybridized carbons (Fsp3) is 0.111. The Hall–Kier alpha value is -2.92. The molecule has 3 rings (SSSR count). The minimum Gasteiger partial charge on any atom is -0.389 e. The number of fused-ring (bicyclic) bond motifs is 1. The number of carbonyl (C=O) groups is 1. The van der Waals surface area contributed by atoms with Gasteiger partial charge in [0.2, 0.25) is 5.43 Å². The number of nitrogens with one attached hydrogen (secondary N) is 2. The van der Waals surface area contributed by atoms with Crippen LogP contribution in [0, 0.1) is 0 Å². The second-order valence-corrected chi connectivity index (χ2v) is 5.33. The summed E-state index contributed by atoms with van der Waals surface area (Å²) >= 11 is 0. The summed E-state index contributed by atoms with van der Waals surface area (Å²) in [5, 5.41) is 12.6. The van der Waals surface area contributed by atoms with Crippen LogP contribution >= 0.6 is 0 Å². The lowest BCUT2D eigenvalue weighted by Gasteiger charge is -2.08. The van der Waals surface area contributed by atoms with Crippen molar-refractivity contribution in [3.63, 3.8) is 0 Å². The molecule has 3 N–H and O–H groups in total. The number of carbonyl (C=O) groups excluding carboxylic acids is 1. The smallest absolute Gasteiger partial charge is 0.261 e. The predicted molar refractivity (Wildman–Crippen MR) is 89.6 cm³/mol. The molecule has 0 aliphatic heterocycles. The van der Waals surface area contributed by atoms with Crippen LogP contribution in [0.15, 0.2) is 59.5 Å². The zero-order chi connectivity index (χ0) is 16.4. The van der Waals surface area contributed by atoms with Gasteiger partial charge in [0, 0.05) is 22.8 Å². The number of aliphatic hydroxyl groups excluding tert-OH is 1. The van der Waals surface area contributed by atoms with Gasteiger partial charge in [-0.2, -0.15) is 0 Å². The Morgan fingerprint density at radius 1 is 1.13 bits per heavy atom. The number of benzene rings is 2. The first-order valence-corrected chi connectivity index (χ1v) is 7.26. The molecule has 2 aromatic carbocycles. The Balaban J connectivity index is 1.89. The number of amides is 1. The van der Waals surface area contributed by atoms with Crippen molar-refractivity contribution in [3.05, 3.63) is 76.1 Å². The lowest BCUT2D eigenvalue weighted by molar-refractivity contribution is 0.102. The van der Waals surface area contributed by atoms with Crippen molar-refractivity contribution in [2.24, 2.45) is 0 Å². The Bertz CT molecular complexity index is 911. The van der Waals surface area contributed by atoms with Gasteiger partial charge >= 0.3 is 0 Å². The standard InChI is InChI=1S/C18H16N2O3/c1-11(21)12-6-8-13(9-7-12)20-18(23)15-10-19-16-5-3-2-4-14(16)17(15)22/h2-11,21H,1H3,(H,19,22)(H,20,23). The number of pyridine rings is 1. The van der Waals surface area contributed by atoms with E-state index >= 15 is 0 Å². The number of aromatic amines is 1. The molecule has 1 aromatic heterocycles. The molecule has 116 valence electrons. The van der Waals surface area contributed by atoms with E-state index in [9.17, 15) is 14.7 Å². The molecule has 0 fully saturated rings. The van der Waals surface area contributed by atoms with E-state index in [1.165, 1.54) is 6.20 Å². The number of aliphatic hydroxyl groups is 1. The van der Waals surface area contributed by atoms with Gasteiger partial charge in [0.1, 0.15) is 5.56 Å². The van der Waals surface area contributed by atoms with Crippen molar-refractivity contribution in [2.75, 3.05) is 5.32 Å². The van der Waals surface area contributed by atoms with Crippen LogP contribution < -0.4 is 10.7 Å². The molecule has 0 aliphatic carbocycles. The summed E-state index contributed by atoms with van der Waals surface area (Å²) in [5.74, 6) is -0.471. The minimum atomic E-state index is -0.567. The molecule has 1 unspecified atom stereocenters. The summed E-state index contributed by atoms with van der Waals surface area (Å²) < 4.78 is 0. The molecule has 1 amide bonds. The maximum atomic E-state index is 12.4. The average Bonchev–Trinajstić information content (AvgIpc) is 2.56.